The molecule has 0 saturated carbocycles. The van der Waals surface area contributed by atoms with Gasteiger partial charge in [0.05, 0.1) is 20.3 Å². The summed E-state index contributed by atoms with van der Waals surface area (Å²) >= 11 is 0. The predicted molar refractivity (Wildman–Crippen MR) is 103 cm³/mol. The zero-order valence-electron chi connectivity index (χ0n) is 15.8. The summed E-state index contributed by atoms with van der Waals surface area (Å²) in [7, 11) is 1.71. The highest BCUT2D eigenvalue weighted by Crippen LogP contribution is 2.31. The average molecular weight is 358 g/mol. The topological polar surface area (TPSA) is 34.2 Å². The van der Waals surface area contributed by atoms with Gasteiger partial charge in [0.1, 0.15) is 18.1 Å². The van der Waals surface area contributed by atoms with Gasteiger partial charge in [0.25, 0.3) is 0 Å². The molecule has 3 aliphatic rings. The molecular formula is C21H30N2O3. The molecule has 1 aromatic rings. The summed E-state index contributed by atoms with van der Waals surface area (Å²) in [5, 5.41) is 0. The molecule has 0 spiro atoms. The predicted octanol–water partition coefficient (Wildman–Crippen LogP) is 2.66. The minimum Gasteiger partial charge on any atom is -0.497 e. The van der Waals surface area contributed by atoms with Gasteiger partial charge in [-0.3, -0.25) is 9.80 Å². The van der Waals surface area contributed by atoms with E-state index in [1.807, 2.05) is 12.1 Å². The summed E-state index contributed by atoms with van der Waals surface area (Å²) in [6.45, 7) is 7.96. The van der Waals surface area contributed by atoms with E-state index in [0.717, 1.165) is 49.9 Å². The Kier molecular flexibility index (Phi) is 5.78. The van der Waals surface area contributed by atoms with Crippen molar-refractivity contribution in [1.82, 2.24) is 9.80 Å². The van der Waals surface area contributed by atoms with Gasteiger partial charge in [-0.25, -0.2) is 0 Å². The van der Waals surface area contributed by atoms with Gasteiger partial charge >= 0.3 is 0 Å². The molecule has 0 aliphatic carbocycles. The lowest BCUT2D eigenvalue weighted by Crippen LogP contribution is -2.50. The van der Waals surface area contributed by atoms with Gasteiger partial charge in [0.2, 0.25) is 0 Å². The molecule has 4 rings (SSSR count). The third-order valence-electron chi connectivity index (χ3n) is 5.72. The minimum absolute atomic E-state index is 0.648. The Labute approximate surface area is 156 Å². The smallest absolute Gasteiger partial charge is 0.127 e. The van der Waals surface area contributed by atoms with Gasteiger partial charge < -0.3 is 14.2 Å². The van der Waals surface area contributed by atoms with Crippen LogP contribution in [0, 0.1) is 0 Å². The van der Waals surface area contributed by atoms with Crippen molar-refractivity contribution >= 4 is 6.08 Å². The number of benzene rings is 1. The molecule has 1 aromatic carbocycles. The molecule has 1 atom stereocenters. The molecule has 142 valence electrons. The highest BCUT2D eigenvalue weighted by atomic mass is 16.5. The van der Waals surface area contributed by atoms with Crippen LogP contribution in [0.1, 0.15) is 24.8 Å². The molecule has 0 radical (unpaired) electrons. The van der Waals surface area contributed by atoms with Crippen LogP contribution in [0.15, 0.2) is 23.8 Å². The lowest BCUT2D eigenvalue weighted by Gasteiger charge is -2.40. The third kappa shape index (κ3) is 4.22. The van der Waals surface area contributed by atoms with Crippen LogP contribution in [-0.4, -0.2) is 75.5 Å². The Balaban J connectivity index is 1.43. The Morgan fingerprint density at radius 3 is 2.88 bits per heavy atom. The molecule has 3 heterocycles. The average Bonchev–Trinajstić information content (AvgIpc) is 2.70. The van der Waals surface area contributed by atoms with Crippen LogP contribution < -0.4 is 9.47 Å². The maximum absolute atomic E-state index is 5.98. The van der Waals surface area contributed by atoms with Crippen LogP contribution in [0.5, 0.6) is 11.5 Å². The molecule has 3 aliphatic heterocycles. The maximum Gasteiger partial charge on any atom is 0.127 e. The molecule has 2 saturated heterocycles. The van der Waals surface area contributed by atoms with Crippen LogP contribution in [0.2, 0.25) is 0 Å². The number of morpholine rings is 1. The summed E-state index contributed by atoms with van der Waals surface area (Å²) in [5.41, 5.74) is 2.49. The number of nitrogens with zero attached hydrogens (tertiary/aromatic N) is 2. The Bertz CT molecular complexity index is 640. The Morgan fingerprint density at radius 2 is 2.04 bits per heavy atom. The maximum atomic E-state index is 5.98. The quantitative estimate of drug-likeness (QED) is 0.808. The molecule has 0 bridgehead atoms. The van der Waals surface area contributed by atoms with Crippen molar-refractivity contribution in [1.29, 1.82) is 0 Å². The van der Waals surface area contributed by atoms with Gasteiger partial charge in [-0.15, -0.1) is 0 Å². The van der Waals surface area contributed by atoms with Gasteiger partial charge in [0.15, 0.2) is 0 Å². The zero-order chi connectivity index (χ0) is 17.8. The van der Waals surface area contributed by atoms with E-state index in [0.29, 0.717) is 12.6 Å². The number of rotatable bonds is 5. The number of hydrogen-bond donors (Lipinski definition) is 0. The summed E-state index contributed by atoms with van der Waals surface area (Å²) in [6.07, 6.45) is 6.25. The first-order chi connectivity index (χ1) is 12.8. The van der Waals surface area contributed by atoms with E-state index in [-0.39, 0.29) is 0 Å². The number of ether oxygens (including phenoxy) is 3. The lowest BCUT2D eigenvalue weighted by atomic mass is 9.99. The largest absolute Gasteiger partial charge is 0.497 e. The van der Waals surface area contributed by atoms with E-state index < -0.39 is 0 Å². The Morgan fingerprint density at radius 1 is 1.15 bits per heavy atom. The summed E-state index contributed by atoms with van der Waals surface area (Å²) < 4.78 is 16.8. The van der Waals surface area contributed by atoms with Gasteiger partial charge in [0, 0.05) is 37.8 Å². The number of hydrogen-bond acceptors (Lipinski definition) is 5. The minimum atomic E-state index is 0.648. The first-order valence-corrected chi connectivity index (χ1v) is 9.86. The normalized spacial score (nSPS) is 24.5. The highest BCUT2D eigenvalue weighted by molar-refractivity contribution is 5.64. The van der Waals surface area contributed by atoms with Gasteiger partial charge in [-0.05, 0) is 49.2 Å². The fraction of sp³-hybridized carbons (Fsp3) is 0.619. The van der Waals surface area contributed by atoms with Crippen molar-refractivity contribution in [2.75, 3.05) is 59.7 Å². The summed E-state index contributed by atoms with van der Waals surface area (Å²) in [4.78, 5) is 5.23. The second kappa shape index (κ2) is 8.42. The van der Waals surface area contributed by atoms with E-state index in [2.05, 4.69) is 21.9 Å². The fourth-order valence-electron chi connectivity index (χ4n) is 4.24. The highest BCUT2D eigenvalue weighted by Gasteiger charge is 2.26. The first kappa shape index (κ1) is 17.8. The van der Waals surface area contributed by atoms with E-state index >= 15 is 0 Å². The molecule has 1 unspecified atom stereocenters. The van der Waals surface area contributed by atoms with Crippen molar-refractivity contribution in [2.24, 2.45) is 0 Å². The first-order valence-electron chi connectivity index (χ1n) is 9.86. The molecule has 0 aromatic heterocycles. The molecule has 0 N–H and O–H groups in total. The van der Waals surface area contributed by atoms with Crippen molar-refractivity contribution in [2.45, 2.75) is 25.3 Å². The van der Waals surface area contributed by atoms with Crippen molar-refractivity contribution in [3.63, 3.8) is 0 Å². The fourth-order valence-corrected chi connectivity index (χ4v) is 4.24. The number of methoxy groups -OCH3 is 1. The molecule has 26 heavy (non-hydrogen) atoms. The van der Waals surface area contributed by atoms with Crippen LogP contribution in [0.4, 0.5) is 0 Å². The number of piperidine rings is 1. The summed E-state index contributed by atoms with van der Waals surface area (Å²) in [6, 6.07) is 6.68. The standard InChI is InChI=1S/C21H30N2O3/c1-24-20-5-6-21-18(13-20)12-17(16-26-21)14-23-7-3-2-4-19(23)15-22-8-10-25-11-9-22/h5-6,12-13,19H,2-4,7-11,14-16H2,1H3. The lowest BCUT2D eigenvalue weighted by molar-refractivity contribution is 0.0179. The SMILES string of the molecule is COc1ccc2c(c1)C=C(CN1CCCCC1CN1CCOCC1)CO2. The second-order valence-corrected chi connectivity index (χ2v) is 7.53. The van der Waals surface area contributed by atoms with Crippen molar-refractivity contribution in [3.05, 3.63) is 29.3 Å². The van der Waals surface area contributed by atoms with Gasteiger partial charge in [-0.2, -0.15) is 0 Å². The molecule has 2 fully saturated rings. The molecule has 5 heteroatoms. The van der Waals surface area contributed by atoms with Crippen LogP contribution in [0.25, 0.3) is 6.08 Å². The van der Waals surface area contributed by atoms with E-state index in [4.69, 9.17) is 14.2 Å². The van der Waals surface area contributed by atoms with Crippen LogP contribution >= 0.6 is 0 Å². The Hall–Kier alpha value is -1.56. The second-order valence-electron chi connectivity index (χ2n) is 7.53. The van der Waals surface area contributed by atoms with Crippen molar-refractivity contribution in [3.8, 4) is 11.5 Å². The molecule has 0 amide bonds. The monoisotopic (exact) mass is 358 g/mol. The van der Waals surface area contributed by atoms with E-state index in [1.165, 1.54) is 37.9 Å². The third-order valence-corrected chi connectivity index (χ3v) is 5.72. The van der Waals surface area contributed by atoms with E-state index in [9.17, 15) is 0 Å². The van der Waals surface area contributed by atoms with Gasteiger partial charge in [-0.1, -0.05) is 6.42 Å². The summed E-state index contributed by atoms with van der Waals surface area (Å²) in [5.74, 6) is 1.84. The van der Waals surface area contributed by atoms with Crippen LogP contribution in [0.3, 0.4) is 0 Å². The van der Waals surface area contributed by atoms with Crippen LogP contribution in [-0.2, 0) is 4.74 Å². The van der Waals surface area contributed by atoms with E-state index in [1.54, 1.807) is 7.11 Å². The van der Waals surface area contributed by atoms with Crippen molar-refractivity contribution < 1.29 is 14.2 Å². The number of likely N-dealkylation sites (tertiary alicyclic amines) is 1. The molecular weight excluding hydrogens is 328 g/mol. The zero-order valence-corrected chi connectivity index (χ0v) is 15.8. The molecule has 5 nitrogen and oxygen atoms in total. The number of fused-ring (bicyclic) bond motifs is 1.